The Bertz CT molecular complexity index is 2080. The highest BCUT2D eigenvalue weighted by atomic mass is 19.2. The predicted octanol–water partition coefficient (Wildman–Crippen LogP) is 7.81. The van der Waals surface area contributed by atoms with Crippen LogP contribution in [0.2, 0.25) is 0 Å². The third kappa shape index (κ3) is 3.50. The van der Waals surface area contributed by atoms with Gasteiger partial charge in [0.2, 0.25) is 11.6 Å². The summed E-state index contributed by atoms with van der Waals surface area (Å²) in [5, 5.41) is -0.442. The van der Waals surface area contributed by atoms with Gasteiger partial charge in [-0.1, -0.05) is 12.1 Å². The predicted molar refractivity (Wildman–Crippen MR) is 132 cm³/mol. The van der Waals surface area contributed by atoms with E-state index < -0.39 is 92.1 Å². The molecule has 0 fully saturated rings. The van der Waals surface area contributed by atoms with Crippen molar-refractivity contribution in [1.82, 2.24) is 0 Å². The van der Waals surface area contributed by atoms with Crippen molar-refractivity contribution in [3.05, 3.63) is 151 Å². The molecule has 0 bridgehead atoms. The molecule has 7 rings (SSSR count). The summed E-state index contributed by atoms with van der Waals surface area (Å²) in [5.41, 5.74) is -4.88. The van der Waals surface area contributed by atoms with Gasteiger partial charge in [0.25, 0.3) is 0 Å². The molecule has 0 N–H and O–H groups in total. The lowest BCUT2D eigenvalue weighted by atomic mass is 9.95. The van der Waals surface area contributed by atoms with Gasteiger partial charge < -0.3 is 0 Å². The molecule has 2 aliphatic rings. The van der Waals surface area contributed by atoms with Crippen LogP contribution in [0.25, 0.3) is 33.4 Å². The first-order valence-corrected chi connectivity index (χ1v) is 12.4. The molecule has 0 heterocycles. The van der Waals surface area contributed by atoms with Crippen molar-refractivity contribution in [1.29, 1.82) is 0 Å². The summed E-state index contributed by atoms with van der Waals surface area (Å²) in [5.74, 6) is -24.8. The molecule has 0 spiro atoms. The number of hydrogen-bond acceptors (Lipinski definition) is 0. The zero-order valence-corrected chi connectivity index (χ0v) is 21.2. The molecule has 0 saturated carbocycles. The Morgan fingerprint density at radius 1 is 0.273 bits per heavy atom. The van der Waals surface area contributed by atoms with Gasteiger partial charge in [-0.3, -0.25) is 0 Å². The van der Waals surface area contributed by atoms with Crippen molar-refractivity contribution in [2.75, 3.05) is 0 Å². The lowest BCUT2D eigenvalue weighted by Crippen LogP contribution is -2.18. The van der Waals surface area contributed by atoms with Crippen molar-refractivity contribution < 1.29 is 52.7 Å². The second kappa shape index (κ2) is 9.25. The van der Waals surface area contributed by atoms with E-state index >= 15 is 17.6 Å². The first kappa shape index (κ1) is 27.8. The molecule has 0 aliphatic heterocycles. The number of halogens is 12. The van der Waals surface area contributed by atoms with Crippen LogP contribution in [0.1, 0.15) is 22.3 Å². The molecule has 0 aromatic heterocycles. The molecule has 0 radical (unpaired) electrons. The SMILES string of the molecule is Fc1ccc2c(c1)C(c1c(F)c(F)c(F)c(F)c1F)=c1cc3c(cc1-2)=C(c1c(F)c(F)c(F)c(F)c1F)c1cc(F)ccc1-3. The Labute approximate surface area is 237 Å². The third-order valence-corrected chi connectivity index (χ3v) is 7.70. The van der Waals surface area contributed by atoms with Crippen molar-refractivity contribution in [2.24, 2.45) is 0 Å². The van der Waals surface area contributed by atoms with Crippen LogP contribution < -0.4 is 10.4 Å². The van der Waals surface area contributed by atoms with Crippen molar-refractivity contribution >= 4 is 11.1 Å². The lowest BCUT2D eigenvalue weighted by Gasteiger charge is -2.12. The van der Waals surface area contributed by atoms with Crippen LogP contribution in [0.4, 0.5) is 52.7 Å². The monoisotopic (exact) mass is 620 g/mol. The van der Waals surface area contributed by atoms with Crippen molar-refractivity contribution in [2.45, 2.75) is 0 Å². The maximum Gasteiger partial charge on any atom is 0.200 e. The Kier molecular flexibility index (Phi) is 5.85. The molecule has 44 heavy (non-hydrogen) atoms. The van der Waals surface area contributed by atoms with Crippen LogP contribution in [0.3, 0.4) is 0 Å². The largest absolute Gasteiger partial charge is 0.207 e. The molecule has 5 aromatic carbocycles. The minimum atomic E-state index is -2.44. The summed E-state index contributed by atoms with van der Waals surface area (Å²) in [6.07, 6.45) is 0. The van der Waals surface area contributed by atoms with Gasteiger partial charge in [-0.25, -0.2) is 52.7 Å². The number of rotatable bonds is 2. The first-order chi connectivity index (χ1) is 20.8. The van der Waals surface area contributed by atoms with Gasteiger partial charge in [-0.05, 0) is 80.2 Å². The minimum absolute atomic E-state index is 0.0259. The van der Waals surface area contributed by atoms with E-state index in [4.69, 9.17) is 0 Å². The van der Waals surface area contributed by atoms with E-state index in [9.17, 15) is 35.1 Å². The van der Waals surface area contributed by atoms with Crippen LogP contribution in [0.5, 0.6) is 0 Å². The van der Waals surface area contributed by atoms with Crippen LogP contribution >= 0.6 is 0 Å². The molecule has 5 aromatic rings. The highest BCUT2D eigenvalue weighted by Crippen LogP contribution is 2.43. The van der Waals surface area contributed by atoms with E-state index in [1.807, 2.05) is 0 Å². The van der Waals surface area contributed by atoms with Gasteiger partial charge in [0.15, 0.2) is 46.5 Å². The minimum Gasteiger partial charge on any atom is -0.207 e. The van der Waals surface area contributed by atoms with E-state index in [0.717, 1.165) is 48.5 Å². The lowest BCUT2D eigenvalue weighted by molar-refractivity contribution is 0.376. The Morgan fingerprint density at radius 2 is 0.568 bits per heavy atom. The highest BCUT2D eigenvalue weighted by Gasteiger charge is 2.36. The third-order valence-electron chi connectivity index (χ3n) is 7.70. The number of benzene rings is 5. The van der Waals surface area contributed by atoms with Crippen molar-refractivity contribution in [3.63, 3.8) is 0 Å². The van der Waals surface area contributed by atoms with Crippen LogP contribution in [0.15, 0.2) is 48.5 Å². The average Bonchev–Trinajstić information content (AvgIpc) is 3.47. The fourth-order valence-corrected chi connectivity index (χ4v) is 5.85. The molecule has 0 atom stereocenters. The Morgan fingerprint density at radius 3 is 0.886 bits per heavy atom. The smallest absolute Gasteiger partial charge is 0.200 e. The molecule has 2 aliphatic carbocycles. The quantitative estimate of drug-likeness (QED) is 0.105. The highest BCUT2D eigenvalue weighted by molar-refractivity contribution is 6.01. The zero-order chi connectivity index (χ0) is 31.5. The standard InChI is InChI=1S/C32H8F12/c33-9-1-3-11-13-7-18-14(8-17(13)19(15(11)5-9)21-23(35)27(39)31(43)28(40)24(21)36)12-4-2-10(34)6-16(12)20(18)22-25(37)29(41)32(44)30(42)26(22)38/h1-8H. The average molecular weight is 620 g/mol. The molecular formula is C32H8F12. The van der Waals surface area contributed by atoms with Crippen LogP contribution in [-0.4, -0.2) is 0 Å². The van der Waals surface area contributed by atoms with Gasteiger partial charge in [0.05, 0.1) is 11.1 Å². The molecule has 0 amide bonds. The Balaban J connectivity index is 1.71. The number of fused-ring (bicyclic) bond motifs is 6. The molecule has 0 saturated heterocycles. The van der Waals surface area contributed by atoms with Crippen LogP contribution in [0, 0.1) is 69.8 Å². The van der Waals surface area contributed by atoms with E-state index in [-0.39, 0.29) is 43.8 Å². The topological polar surface area (TPSA) is 0 Å². The summed E-state index contributed by atoms with van der Waals surface area (Å²) < 4.78 is 174. The second-order valence-corrected chi connectivity index (χ2v) is 9.96. The van der Waals surface area contributed by atoms with Gasteiger partial charge in [0.1, 0.15) is 11.6 Å². The van der Waals surface area contributed by atoms with E-state index in [2.05, 4.69) is 0 Å². The van der Waals surface area contributed by atoms with Gasteiger partial charge in [0, 0.05) is 11.1 Å². The van der Waals surface area contributed by atoms with E-state index in [1.54, 1.807) is 0 Å². The summed E-state index contributed by atoms with van der Waals surface area (Å²) in [6.45, 7) is 0. The van der Waals surface area contributed by atoms with E-state index in [1.165, 1.54) is 0 Å². The zero-order valence-electron chi connectivity index (χ0n) is 21.2. The van der Waals surface area contributed by atoms with Gasteiger partial charge in [-0.15, -0.1) is 0 Å². The summed E-state index contributed by atoms with van der Waals surface area (Å²) in [7, 11) is 0. The second-order valence-electron chi connectivity index (χ2n) is 9.96. The van der Waals surface area contributed by atoms with Gasteiger partial charge >= 0.3 is 0 Å². The maximum atomic E-state index is 15.1. The fraction of sp³-hybridized carbons (Fsp3) is 0. The van der Waals surface area contributed by atoms with E-state index in [0.29, 0.717) is 0 Å². The molecule has 12 heteroatoms. The molecule has 0 nitrogen and oxygen atoms in total. The number of hydrogen-bond donors (Lipinski definition) is 0. The molecule has 0 unspecified atom stereocenters. The summed E-state index contributed by atoms with van der Waals surface area (Å²) in [4.78, 5) is 0. The fourth-order valence-electron chi connectivity index (χ4n) is 5.85. The normalized spacial score (nSPS) is 12.9. The van der Waals surface area contributed by atoms with Gasteiger partial charge in [-0.2, -0.15) is 0 Å². The van der Waals surface area contributed by atoms with Crippen molar-refractivity contribution in [3.8, 4) is 22.3 Å². The molecule has 220 valence electrons. The maximum absolute atomic E-state index is 15.1. The molecular weight excluding hydrogens is 612 g/mol. The first-order valence-electron chi connectivity index (χ1n) is 12.4. The summed E-state index contributed by atoms with van der Waals surface area (Å²) in [6, 6.07) is 7.81. The Hall–Kier alpha value is -5.00. The summed E-state index contributed by atoms with van der Waals surface area (Å²) >= 11 is 0. The van der Waals surface area contributed by atoms with Crippen LogP contribution in [-0.2, 0) is 0 Å².